The number of hydrogen-bond acceptors (Lipinski definition) is 3. The van der Waals surface area contributed by atoms with E-state index in [-0.39, 0.29) is 6.61 Å². The van der Waals surface area contributed by atoms with Crippen LogP contribution >= 0.6 is 11.6 Å². The molecule has 1 saturated heterocycles. The molecule has 2 heterocycles. The van der Waals surface area contributed by atoms with Crippen molar-refractivity contribution in [2.24, 2.45) is 0 Å². The highest BCUT2D eigenvalue weighted by atomic mass is 35.5. The zero-order valence-corrected chi connectivity index (χ0v) is 9.45. The lowest BCUT2D eigenvalue weighted by Gasteiger charge is -2.26. The third-order valence-electron chi connectivity index (χ3n) is 2.75. The largest absolute Gasteiger partial charge is 0.395 e. The molecule has 1 N–H and O–H groups in total. The molecule has 1 fully saturated rings. The highest BCUT2D eigenvalue weighted by molar-refractivity contribution is 6.32. The summed E-state index contributed by atoms with van der Waals surface area (Å²) in [6.07, 6.45) is 5.42. The van der Waals surface area contributed by atoms with Crippen LogP contribution in [0, 0.1) is 0 Å². The van der Waals surface area contributed by atoms with Gasteiger partial charge in [-0.1, -0.05) is 11.6 Å². The van der Waals surface area contributed by atoms with Gasteiger partial charge in [0.15, 0.2) is 11.0 Å². The fourth-order valence-corrected chi connectivity index (χ4v) is 2.23. The van der Waals surface area contributed by atoms with Gasteiger partial charge in [0.05, 0.1) is 12.9 Å². The molecule has 15 heavy (non-hydrogen) atoms. The summed E-state index contributed by atoms with van der Waals surface area (Å²) in [7, 11) is 0. The van der Waals surface area contributed by atoms with Crippen LogP contribution in [0.4, 0.5) is 5.82 Å². The van der Waals surface area contributed by atoms with Crippen LogP contribution in [0.5, 0.6) is 0 Å². The van der Waals surface area contributed by atoms with Gasteiger partial charge >= 0.3 is 0 Å². The Bertz CT molecular complexity index is 320. The Morgan fingerprint density at radius 3 is 2.73 bits per heavy atom. The average molecular weight is 230 g/mol. The Hall–Kier alpha value is -0.740. The third-order valence-corrected chi connectivity index (χ3v) is 3.14. The Labute approximate surface area is 94.5 Å². The fraction of sp³-hybridized carbons (Fsp3) is 0.700. The highest BCUT2D eigenvalue weighted by Crippen LogP contribution is 2.26. The molecule has 0 aromatic carbocycles. The number of aliphatic hydroxyl groups excluding tert-OH is 1. The van der Waals surface area contributed by atoms with E-state index in [0.717, 1.165) is 18.9 Å². The second kappa shape index (κ2) is 4.86. The highest BCUT2D eigenvalue weighted by Gasteiger charge is 2.17. The first-order valence-corrected chi connectivity index (χ1v) is 5.77. The number of rotatable bonds is 3. The normalized spacial score (nSPS) is 17.1. The molecule has 1 aromatic rings. The topological polar surface area (TPSA) is 41.3 Å². The van der Waals surface area contributed by atoms with E-state index >= 15 is 0 Å². The number of hydrogen-bond donors (Lipinski definition) is 1. The molecule has 84 valence electrons. The summed E-state index contributed by atoms with van der Waals surface area (Å²) >= 11 is 6.18. The Kier molecular flexibility index (Phi) is 3.49. The van der Waals surface area contributed by atoms with Gasteiger partial charge < -0.3 is 14.6 Å². The monoisotopic (exact) mass is 229 g/mol. The van der Waals surface area contributed by atoms with Crippen LogP contribution in [0.15, 0.2) is 6.33 Å². The number of nitrogens with zero attached hydrogens (tertiary/aromatic N) is 3. The lowest BCUT2D eigenvalue weighted by atomic mass is 10.1. The SMILES string of the molecule is OCCn1cnc(N2CCCCC2)c1Cl. The van der Waals surface area contributed by atoms with Gasteiger partial charge in [-0.3, -0.25) is 0 Å². The summed E-state index contributed by atoms with van der Waals surface area (Å²) in [4.78, 5) is 6.53. The van der Waals surface area contributed by atoms with Crippen molar-refractivity contribution in [3.63, 3.8) is 0 Å². The van der Waals surface area contributed by atoms with Gasteiger partial charge in [-0.05, 0) is 19.3 Å². The summed E-state index contributed by atoms with van der Waals surface area (Å²) in [5.74, 6) is 0.866. The summed E-state index contributed by atoms with van der Waals surface area (Å²) in [5.41, 5.74) is 0. The first-order chi connectivity index (χ1) is 7.33. The van der Waals surface area contributed by atoms with Crippen LogP contribution < -0.4 is 4.90 Å². The van der Waals surface area contributed by atoms with E-state index in [1.165, 1.54) is 19.3 Å². The number of aromatic nitrogens is 2. The van der Waals surface area contributed by atoms with E-state index in [9.17, 15) is 0 Å². The predicted octanol–water partition coefficient (Wildman–Crippen LogP) is 1.52. The number of piperidine rings is 1. The van der Waals surface area contributed by atoms with Crippen molar-refractivity contribution in [2.45, 2.75) is 25.8 Å². The third kappa shape index (κ3) is 2.26. The van der Waals surface area contributed by atoms with E-state index in [0.29, 0.717) is 11.7 Å². The molecule has 0 spiro atoms. The van der Waals surface area contributed by atoms with Gasteiger partial charge in [-0.2, -0.15) is 0 Å². The van der Waals surface area contributed by atoms with Gasteiger partial charge in [0.1, 0.15) is 0 Å². The molecule has 1 aliphatic rings. The van der Waals surface area contributed by atoms with Crippen molar-refractivity contribution in [3.05, 3.63) is 11.5 Å². The standard InChI is InChI=1S/C10H16ClN3O/c11-9-10(12-8-14(9)6-7-15)13-4-2-1-3-5-13/h8,15H,1-7H2. The van der Waals surface area contributed by atoms with E-state index < -0.39 is 0 Å². The van der Waals surface area contributed by atoms with Crippen LogP contribution in [0.2, 0.25) is 5.15 Å². The number of aliphatic hydroxyl groups is 1. The van der Waals surface area contributed by atoms with E-state index in [4.69, 9.17) is 16.7 Å². The summed E-state index contributed by atoms with van der Waals surface area (Å²) in [6, 6.07) is 0. The van der Waals surface area contributed by atoms with Gasteiger partial charge in [-0.25, -0.2) is 4.98 Å². The minimum atomic E-state index is 0.0928. The second-order valence-corrected chi connectivity index (χ2v) is 4.18. The van der Waals surface area contributed by atoms with Gasteiger partial charge in [-0.15, -0.1) is 0 Å². The van der Waals surface area contributed by atoms with Crippen LogP contribution in [0.3, 0.4) is 0 Å². The smallest absolute Gasteiger partial charge is 0.166 e. The molecule has 0 radical (unpaired) electrons. The summed E-state index contributed by atoms with van der Waals surface area (Å²) < 4.78 is 1.78. The van der Waals surface area contributed by atoms with Crippen molar-refractivity contribution in [1.29, 1.82) is 0 Å². The fourth-order valence-electron chi connectivity index (χ4n) is 1.94. The molecule has 2 rings (SSSR count). The van der Waals surface area contributed by atoms with Crippen molar-refractivity contribution in [3.8, 4) is 0 Å². The molecule has 0 saturated carbocycles. The van der Waals surface area contributed by atoms with E-state index in [2.05, 4.69) is 9.88 Å². The summed E-state index contributed by atoms with van der Waals surface area (Å²) in [5, 5.41) is 9.49. The van der Waals surface area contributed by atoms with E-state index in [1.54, 1.807) is 10.9 Å². The van der Waals surface area contributed by atoms with Gasteiger partial charge in [0, 0.05) is 19.6 Å². The van der Waals surface area contributed by atoms with Crippen molar-refractivity contribution in [2.75, 3.05) is 24.6 Å². The predicted molar refractivity (Wildman–Crippen MR) is 60.4 cm³/mol. The molecule has 0 aliphatic carbocycles. The summed E-state index contributed by atoms with van der Waals surface area (Å²) in [6.45, 7) is 2.68. The molecule has 0 atom stereocenters. The van der Waals surface area contributed by atoms with Crippen LogP contribution in [-0.2, 0) is 6.54 Å². The molecular formula is C10H16ClN3O. The first kappa shape index (κ1) is 10.8. The van der Waals surface area contributed by atoms with Crippen molar-refractivity contribution < 1.29 is 5.11 Å². The minimum absolute atomic E-state index is 0.0928. The molecule has 0 bridgehead atoms. The number of imidazole rings is 1. The van der Waals surface area contributed by atoms with Crippen molar-refractivity contribution in [1.82, 2.24) is 9.55 Å². The maximum Gasteiger partial charge on any atom is 0.166 e. The lowest BCUT2D eigenvalue weighted by Crippen LogP contribution is -2.29. The molecule has 5 heteroatoms. The molecule has 4 nitrogen and oxygen atoms in total. The first-order valence-electron chi connectivity index (χ1n) is 5.39. The number of halogens is 1. The Morgan fingerprint density at radius 1 is 1.33 bits per heavy atom. The zero-order valence-electron chi connectivity index (χ0n) is 8.69. The molecule has 0 unspecified atom stereocenters. The Balaban J connectivity index is 2.13. The van der Waals surface area contributed by atoms with Gasteiger partial charge in [0.25, 0.3) is 0 Å². The lowest BCUT2D eigenvalue weighted by molar-refractivity contribution is 0.276. The zero-order chi connectivity index (χ0) is 10.7. The van der Waals surface area contributed by atoms with Crippen molar-refractivity contribution >= 4 is 17.4 Å². The van der Waals surface area contributed by atoms with Crippen LogP contribution in [-0.4, -0.2) is 34.4 Å². The van der Waals surface area contributed by atoms with E-state index in [1.807, 2.05) is 0 Å². The van der Waals surface area contributed by atoms with Gasteiger partial charge in [0.2, 0.25) is 0 Å². The number of anilines is 1. The van der Waals surface area contributed by atoms with Crippen LogP contribution in [0.1, 0.15) is 19.3 Å². The molecule has 1 aliphatic heterocycles. The Morgan fingerprint density at radius 2 is 2.07 bits per heavy atom. The molecule has 1 aromatic heterocycles. The molecular weight excluding hydrogens is 214 g/mol. The maximum absolute atomic E-state index is 8.84. The maximum atomic E-state index is 8.84. The molecule has 0 amide bonds. The quantitative estimate of drug-likeness (QED) is 0.855. The average Bonchev–Trinajstić information content (AvgIpc) is 2.63. The second-order valence-electron chi connectivity index (χ2n) is 3.82. The minimum Gasteiger partial charge on any atom is -0.395 e. The van der Waals surface area contributed by atoms with Crippen LogP contribution in [0.25, 0.3) is 0 Å².